The summed E-state index contributed by atoms with van der Waals surface area (Å²) >= 11 is 5.90. The van der Waals surface area contributed by atoms with Crippen LogP contribution in [0.4, 0.5) is 10.5 Å². The predicted molar refractivity (Wildman–Crippen MR) is 117 cm³/mol. The average molecular weight is 402 g/mol. The molecule has 0 bridgehead atoms. The van der Waals surface area contributed by atoms with Crippen molar-refractivity contribution in [1.29, 1.82) is 0 Å². The second kappa shape index (κ2) is 11.2. The molecular weight excluding hydrogens is 374 g/mol. The van der Waals surface area contributed by atoms with Gasteiger partial charge in [0, 0.05) is 36.9 Å². The van der Waals surface area contributed by atoms with Gasteiger partial charge in [-0.05, 0) is 55.7 Å². The molecule has 0 unspecified atom stereocenters. The third-order valence-corrected chi connectivity index (χ3v) is 4.19. The summed E-state index contributed by atoms with van der Waals surface area (Å²) in [7, 11) is 1.75. The number of halogens is 1. The van der Waals surface area contributed by atoms with Gasteiger partial charge < -0.3 is 21.3 Å². The summed E-state index contributed by atoms with van der Waals surface area (Å²) in [6.45, 7) is 5.25. The standard InChI is InChI=1S/C21H28ClN5O/c1-15(2)26-21(28)27-19-10-6-17(7-11-19)14-25-20(23-3)24-13-12-16-4-8-18(22)9-5-16/h4-11,15H,12-14H2,1-3H3,(H2,23,24,25)(H2,26,27,28). The van der Waals surface area contributed by atoms with Crippen LogP contribution in [0.2, 0.25) is 5.02 Å². The number of benzene rings is 2. The Kier molecular flexibility index (Phi) is 8.62. The van der Waals surface area contributed by atoms with Crippen molar-refractivity contribution in [3.05, 3.63) is 64.7 Å². The summed E-state index contributed by atoms with van der Waals surface area (Å²) in [4.78, 5) is 16.0. The number of carbonyl (C=O) groups excluding carboxylic acids is 1. The Morgan fingerprint density at radius 1 is 1.00 bits per heavy atom. The predicted octanol–water partition coefficient (Wildman–Crippen LogP) is 3.78. The number of carbonyl (C=O) groups is 1. The van der Waals surface area contributed by atoms with E-state index in [1.54, 1.807) is 7.05 Å². The van der Waals surface area contributed by atoms with Gasteiger partial charge in [0.15, 0.2) is 5.96 Å². The normalized spacial score (nSPS) is 11.2. The van der Waals surface area contributed by atoms with Gasteiger partial charge >= 0.3 is 6.03 Å². The minimum Gasteiger partial charge on any atom is -0.356 e. The van der Waals surface area contributed by atoms with Crippen LogP contribution in [0.3, 0.4) is 0 Å². The van der Waals surface area contributed by atoms with Crippen LogP contribution in [0.1, 0.15) is 25.0 Å². The van der Waals surface area contributed by atoms with Gasteiger partial charge in [0.2, 0.25) is 0 Å². The van der Waals surface area contributed by atoms with Crippen molar-refractivity contribution < 1.29 is 4.79 Å². The van der Waals surface area contributed by atoms with Crippen LogP contribution in [-0.2, 0) is 13.0 Å². The Morgan fingerprint density at radius 2 is 1.64 bits per heavy atom. The van der Waals surface area contributed by atoms with Crippen LogP contribution in [0.15, 0.2) is 53.5 Å². The van der Waals surface area contributed by atoms with Gasteiger partial charge in [0.05, 0.1) is 0 Å². The first kappa shape index (κ1) is 21.6. The van der Waals surface area contributed by atoms with Crippen LogP contribution in [0, 0.1) is 0 Å². The molecule has 28 heavy (non-hydrogen) atoms. The second-order valence-corrected chi connectivity index (χ2v) is 7.12. The Balaban J connectivity index is 1.75. The fourth-order valence-corrected chi connectivity index (χ4v) is 2.64. The average Bonchev–Trinajstić information content (AvgIpc) is 2.66. The highest BCUT2D eigenvalue weighted by Crippen LogP contribution is 2.10. The molecular formula is C21H28ClN5O. The zero-order valence-electron chi connectivity index (χ0n) is 16.6. The maximum Gasteiger partial charge on any atom is 0.319 e. The molecule has 0 aliphatic heterocycles. The van der Waals surface area contributed by atoms with E-state index in [0.29, 0.717) is 6.54 Å². The van der Waals surface area contributed by atoms with E-state index in [-0.39, 0.29) is 12.1 Å². The maximum atomic E-state index is 11.7. The van der Waals surface area contributed by atoms with Crippen LogP contribution >= 0.6 is 11.6 Å². The zero-order chi connectivity index (χ0) is 20.4. The molecule has 0 spiro atoms. The summed E-state index contributed by atoms with van der Waals surface area (Å²) in [5, 5.41) is 12.9. The van der Waals surface area contributed by atoms with Crippen molar-refractivity contribution in [2.45, 2.75) is 32.9 Å². The summed E-state index contributed by atoms with van der Waals surface area (Å²) in [5.41, 5.74) is 3.07. The molecule has 0 radical (unpaired) electrons. The second-order valence-electron chi connectivity index (χ2n) is 6.68. The number of hydrogen-bond acceptors (Lipinski definition) is 2. The number of anilines is 1. The van der Waals surface area contributed by atoms with E-state index in [4.69, 9.17) is 11.6 Å². The fraction of sp³-hybridized carbons (Fsp3) is 0.333. The summed E-state index contributed by atoms with van der Waals surface area (Å²) in [5.74, 6) is 0.743. The van der Waals surface area contributed by atoms with Crippen LogP contribution in [0.5, 0.6) is 0 Å². The summed E-state index contributed by atoms with van der Waals surface area (Å²) in [6.07, 6.45) is 0.886. The number of urea groups is 1. The molecule has 2 aromatic carbocycles. The van der Waals surface area contributed by atoms with E-state index in [1.807, 2.05) is 62.4 Å². The van der Waals surface area contributed by atoms with Gasteiger partial charge in [0.25, 0.3) is 0 Å². The van der Waals surface area contributed by atoms with Gasteiger partial charge in [0.1, 0.15) is 0 Å². The first-order valence-electron chi connectivity index (χ1n) is 9.31. The molecule has 0 saturated heterocycles. The van der Waals surface area contributed by atoms with Crippen molar-refractivity contribution in [2.75, 3.05) is 18.9 Å². The van der Waals surface area contributed by atoms with E-state index in [2.05, 4.69) is 26.3 Å². The topological polar surface area (TPSA) is 77.6 Å². The van der Waals surface area contributed by atoms with E-state index in [0.717, 1.165) is 35.2 Å². The third-order valence-electron chi connectivity index (χ3n) is 3.93. The third kappa shape index (κ3) is 7.88. The number of amides is 2. The smallest absolute Gasteiger partial charge is 0.319 e. The molecule has 0 heterocycles. The van der Waals surface area contributed by atoms with Crippen molar-refractivity contribution in [3.8, 4) is 0 Å². The number of guanidine groups is 1. The molecule has 7 heteroatoms. The van der Waals surface area contributed by atoms with Gasteiger partial charge in [-0.3, -0.25) is 4.99 Å². The lowest BCUT2D eigenvalue weighted by Gasteiger charge is -2.13. The van der Waals surface area contributed by atoms with Crippen LogP contribution < -0.4 is 21.3 Å². The monoisotopic (exact) mass is 401 g/mol. The van der Waals surface area contributed by atoms with Crippen molar-refractivity contribution in [3.63, 3.8) is 0 Å². The molecule has 0 fully saturated rings. The molecule has 0 saturated carbocycles. The molecule has 6 nitrogen and oxygen atoms in total. The molecule has 4 N–H and O–H groups in total. The minimum atomic E-state index is -0.203. The quantitative estimate of drug-likeness (QED) is 0.421. The van der Waals surface area contributed by atoms with Crippen molar-refractivity contribution >= 4 is 29.3 Å². The lowest BCUT2D eigenvalue weighted by molar-refractivity contribution is 0.250. The molecule has 0 aromatic heterocycles. The van der Waals surface area contributed by atoms with E-state index in [9.17, 15) is 4.79 Å². The molecule has 2 rings (SSSR count). The molecule has 0 atom stereocenters. The SMILES string of the molecule is CN=C(NCCc1ccc(Cl)cc1)NCc1ccc(NC(=O)NC(C)C)cc1. The van der Waals surface area contributed by atoms with Crippen molar-refractivity contribution in [1.82, 2.24) is 16.0 Å². The minimum absolute atomic E-state index is 0.0995. The van der Waals surface area contributed by atoms with Crippen LogP contribution in [-0.4, -0.2) is 31.6 Å². The first-order chi connectivity index (χ1) is 13.5. The molecule has 0 aliphatic rings. The van der Waals surface area contributed by atoms with E-state index < -0.39 is 0 Å². The van der Waals surface area contributed by atoms with Gasteiger partial charge in [-0.2, -0.15) is 0 Å². The number of nitrogens with zero attached hydrogens (tertiary/aromatic N) is 1. The molecule has 150 valence electrons. The number of hydrogen-bond donors (Lipinski definition) is 4. The van der Waals surface area contributed by atoms with Crippen LogP contribution in [0.25, 0.3) is 0 Å². The van der Waals surface area contributed by atoms with Gasteiger partial charge in [-0.1, -0.05) is 35.9 Å². The van der Waals surface area contributed by atoms with E-state index >= 15 is 0 Å². The Labute approximate surface area is 171 Å². The summed E-state index contributed by atoms with van der Waals surface area (Å²) in [6, 6.07) is 15.4. The van der Waals surface area contributed by atoms with Gasteiger partial charge in [-0.15, -0.1) is 0 Å². The van der Waals surface area contributed by atoms with E-state index in [1.165, 1.54) is 5.56 Å². The highest BCUT2D eigenvalue weighted by molar-refractivity contribution is 6.30. The molecule has 2 aromatic rings. The highest BCUT2D eigenvalue weighted by Gasteiger charge is 2.04. The largest absolute Gasteiger partial charge is 0.356 e. The number of nitrogens with one attached hydrogen (secondary N) is 4. The molecule has 0 aliphatic carbocycles. The maximum absolute atomic E-state index is 11.7. The first-order valence-corrected chi connectivity index (χ1v) is 9.69. The Bertz CT molecular complexity index is 772. The zero-order valence-corrected chi connectivity index (χ0v) is 17.3. The number of aliphatic imine (C=N–C) groups is 1. The highest BCUT2D eigenvalue weighted by atomic mass is 35.5. The Hall–Kier alpha value is -2.73. The van der Waals surface area contributed by atoms with Crippen molar-refractivity contribution in [2.24, 2.45) is 4.99 Å². The van der Waals surface area contributed by atoms with Gasteiger partial charge in [-0.25, -0.2) is 4.79 Å². The number of rotatable bonds is 7. The lowest BCUT2D eigenvalue weighted by atomic mass is 10.1. The fourth-order valence-electron chi connectivity index (χ4n) is 2.52. The summed E-state index contributed by atoms with van der Waals surface area (Å²) < 4.78 is 0. The lowest BCUT2D eigenvalue weighted by Crippen LogP contribution is -2.37. The Morgan fingerprint density at radius 3 is 2.25 bits per heavy atom. The molecule has 2 amide bonds.